The molecule has 0 aliphatic heterocycles. The van der Waals surface area contributed by atoms with E-state index in [-0.39, 0.29) is 0 Å². The molecule has 0 unspecified atom stereocenters. The predicted octanol–water partition coefficient (Wildman–Crippen LogP) is 2.38. The first-order chi connectivity index (χ1) is 4.88. The Kier molecular flexibility index (Phi) is 2.05. The smallest absolute Gasteiger partial charge is 0.0871 e. The molecule has 0 aromatic carbocycles. The van der Waals surface area contributed by atoms with E-state index in [0.717, 1.165) is 11.4 Å². The summed E-state index contributed by atoms with van der Waals surface area (Å²) in [5.41, 5.74) is 1.91. The summed E-state index contributed by atoms with van der Waals surface area (Å²) in [4.78, 5) is 6.85. The first-order valence-corrected chi connectivity index (χ1v) is 3.15. The van der Waals surface area contributed by atoms with E-state index in [1.165, 1.54) is 0 Å². The van der Waals surface area contributed by atoms with E-state index in [1.54, 1.807) is 0 Å². The van der Waals surface area contributed by atoms with Gasteiger partial charge in [-0.25, -0.2) is 0 Å². The lowest BCUT2D eigenvalue weighted by Gasteiger charge is -1.87. The minimum atomic E-state index is 0.901. The molecule has 0 saturated carbocycles. The number of aromatic amines is 1. The third kappa shape index (κ3) is 1.16. The van der Waals surface area contributed by atoms with Crippen molar-refractivity contribution >= 4 is 18.5 Å². The molecule has 0 amide bonds. The fourth-order valence-electron chi connectivity index (χ4n) is 0.812. The Morgan fingerprint density at radius 2 is 2.50 bits per heavy atom. The molecular weight excluding hydrogens is 124 g/mol. The zero-order valence-electron chi connectivity index (χ0n) is 5.96. The van der Waals surface area contributed by atoms with Gasteiger partial charge in [0.2, 0.25) is 0 Å². The van der Waals surface area contributed by atoms with Gasteiger partial charge in [-0.15, -0.1) is 0 Å². The van der Waals surface area contributed by atoms with Crippen LogP contribution in [0.15, 0.2) is 23.3 Å². The van der Waals surface area contributed by atoms with Gasteiger partial charge >= 0.3 is 0 Å². The molecule has 0 atom stereocenters. The van der Waals surface area contributed by atoms with E-state index >= 15 is 0 Å². The fraction of sp³-hybridized carbons (Fsp3) is 0.125. The number of hydrogen-bond donors (Lipinski definition) is 1. The van der Waals surface area contributed by atoms with Crippen molar-refractivity contribution in [2.24, 2.45) is 4.99 Å². The molecule has 52 valence electrons. The second-order valence-corrected chi connectivity index (χ2v) is 1.93. The van der Waals surface area contributed by atoms with Crippen LogP contribution >= 0.6 is 0 Å². The molecule has 2 heteroatoms. The maximum atomic E-state index is 3.82. The average Bonchev–Trinajstić information content (AvgIpc) is 2.36. The monoisotopic (exact) mass is 134 g/mol. The highest BCUT2D eigenvalue weighted by molar-refractivity contribution is 5.62. The number of allylic oxidation sites excluding steroid dienone is 1. The van der Waals surface area contributed by atoms with Gasteiger partial charge in [-0.05, 0) is 25.8 Å². The molecule has 0 saturated heterocycles. The van der Waals surface area contributed by atoms with E-state index in [4.69, 9.17) is 0 Å². The van der Waals surface area contributed by atoms with Gasteiger partial charge in [0, 0.05) is 6.20 Å². The summed E-state index contributed by atoms with van der Waals surface area (Å²) < 4.78 is 0. The van der Waals surface area contributed by atoms with Crippen molar-refractivity contribution in [1.29, 1.82) is 0 Å². The second-order valence-electron chi connectivity index (χ2n) is 1.93. The molecule has 0 fully saturated rings. The molecule has 1 N–H and O–H groups in total. The van der Waals surface area contributed by atoms with Crippen LogP contribution in [0.4, 0.5) is 5.69 Å². The maximum Gasteiger partial charge on any atom is 0.0871 e. The molecule has 1 aromatic rings. The van der Waals surface area contributed by atoms with Gasteiger partial charge in [-0.2, -0.15) is 0 Å². The Bertz CT molecular complexity index is 246. The zero-order chi connectivity index (χ0) is 7.40. The molecule has 0 spiro atoms. The lowest BCUT2D eigenvalue weighted by molar-refractivity contribution is 1.36. The zero-order valence-corrected chi connectivity index (χ0v) is 5.96. The lowest BCUT2D eigenvalue weighted by atomic mass is 10.3. The van der Waals surface area contributed by atoms with E-state index in [2.05, 4.69) is 16.7 Å². The summed E-state index contributed by atoms with van der Waals surface area (Å²) in [5, 5.41) is 0. The number of aliphatic imine (C=N–C) groups is 1. The summed E-state index contributed by atoms with van der Waals surface area (Å²) in [6, 6.07) is 1.89. The highest BCUT2D eigenvalue weighted by Crippen LogP contribution is 2.17. The van der Waals surface area contributed by atoms with Crippen LogP contribution < -0.4 is 0 Å². The second kappa shape index (κ2) is 3.01. The molecule has 1 aromatic heterocycles. The fourth-order valence-corrected chi connectivity index (χ4v) is 0.812. The first kappa shape index (κ1) is 6.81. The van der Waals surface area contributed by atoms with Gasteiger partial charge in [0.15, 0.2) is 0 Å². The minimum absolute atomic E-state index is 0.901. The standard InChI is InChI=1S/C8H10N2/c1-3-4-8-7(9-2)5-6-10-8/h3-6,10H,2H2,1H3/b4-3-. The van der Waals surface area contributed by atoms with Crippen LogP contribution in [0.2, 0.25) is 0 Å². The van der Waals surface area contributed by atoms with E-state index in [1.807, 2.05) is 31.3 Å². The Morgan fingerprint density at radius 1 is 1.70 bits per heavy atom. The van der Waals surface area contributed by atoms with Crippen LogP contribution in [0, 0.1) is 0 Å². The molecule has 0 bridgehead atoms. The number of rotatable bonds is 2. The number of nitrogens with zero attached hydrogens (tertiary/aromatic N) is 1. The van der Waals surface area contributed by atoms with Gasteiger partial charge in [-0.1, -0.05) is 6.08 Å². The van der Waals surface area contributed by atoms with E-state index < -0.39 is 0 Å². The third-order valence-electron chi connectivity index (χ3n) is 1.26. The van der Waals surface area contributed by atoms with Crippen molar-refractivity contribution in [2.45, 2.75) is 6.92 Å². The third-order valence-corrected chi connectivity index (χ3v) is 1.26. The lowest BCUT2D eigenvalue weighted by Crippen LogP contribution is -1.67. The normalized spacial score (nSPS) is 10.5. The van der Waals surface area contributed by atoms with Crippen molar-refractivity contribution in [1.82, 2.24) is 4.98 Å². The van der Waals surface area contributed by atoms with E-state index in [0.29, 0.717) is 0 Å². The maximum absolute atomic E-state index is 3.82. The van der Waals surface area contributed by atoms with Crippen LogP contribution in [0.5, 0.6) is 0 Å². The highest BCUT2D eigenvalue weighted by atomic mass is 14.8. The Balaban J connectivity index is 3.00. The summed E-state index contributed by atoms with van der Waals surface area (Å²) in [7, 11) is 0. The van der Waals surface area contributed by atoms with Crippen LogP contribution in [-0.2, 0) is 0 Å². The van der Waals surface area contributed by atoms with Crippen molar-refractivity contribution < 1.29 is 0 Å². The molecule has 0 aliphatic carbocycles. The van der Waals surface area contributed by atoms with Gasteiger partial charge in [0.1, 0.15) is 0 Å². The highest BCUT2D eigenvalue weighted by Gasteiger charge is 1.93. The molecule has 2 nitrogen and oxygen atoms in total. The Labute approximate surface area is 60.3 Å². The average molecular weight is 134 g/mol. The summed E-state index contributed by atoms with van der Waals surface area (Å²) in [6.07, 6.45) is 5.77. The van der Waals surface area contributed by atoms with Crippen LogP contribution in [0.25, 0.3) is 6.08 Å². The summed E-state index contributed by atoms with van der Waals surface area (Å²) in [5.74, 6) is 0. The molecule has 1 rings (SSSR count). The van der Waals surface area contributed by atoms with Crippen LogP contribution in [0.1, 0.15) is 12.6 Å². The number of nitrogens with one attached hydrogen (secondary N) is 1. The predicted molar refractivity (Wildman–Crippen MR) is 44.7 cm³/mol. The minimum Gasteiger partial charge on any atom is -0.360 e. The largest absolute Gasteiger partial charge is 0.360 e. The van der Waals surface area contributed by atoms with Gasteiger partial charge < -0.3 is 4.98 Å². The first-order valence-electron chi connectivity index (χ1n) is 3.15. The molecule has 0 aliphatic rings. The Hall–Kier alpha value is -1.31. The molecule has 1 heterocycles. The van der Waals surface area contributed by atoms with Gasteiger partial charge in [0.25, 0.3) is 0 Å². The van der Waals surface area contributed by atoms with Crippen LogP contribution in [-0.4, -0.2) is 11.7 Å². The topological polar surface area (TPSA) is 28.1 Å². The number of aromatic nitrogens is 1. The quantitative estimate of drug-likeness (QED) is 0.601. The van der Waals surface area contributed by atoms with Crippen molar-refractivity contribution in [3.63, 3.8) is 0 Å². The number of H-pyrrole nitrogens is 1. The summed E-state index contributed by atoms with van der Waals surface area (Å²) >= 11 is 0. The van der Waals surface area contributed by atoms with Gasteiger partial charge in [-0.3, -0.25) is 4.99 Å². The number of hydrogen-bond acceptors (Lipinski definition) is 1. The van der Waals surface area contributed by atoms with Crippen molar-refractivity contribution in [3.05, 3.63) is 24.0 Å². The van der Waals surface area contributed by atoms with Crippen molar-refractivity contribution in [2.75, 3.05) is 0 Å². The van der Waals surface area contributed by atoms with Crippen molar-refractivity contribution in [3.8, 4) is 0 Å². The SMILES string of the molecule is C=Nc1cc[nH]c1/C=C\C. The Morgan fingerprint density at radius 3 is 3.10 bits per heavy atom. The van der Waals surface area contributed by atoms with Gasteiger partial charge in [0.05, 0.1) is 11.4 Å². The van der Waals surface area contributed by atoms with E-state index in [9.17, 15) is 0 Å². The summed E-state index contributed by atoms with van der Waals surface area (Å²) in [6.45, 7) is 5.41. The molecule has 10 heavy (non-hydrogen) atoms. The van der Waals surface area contributed by atoms with Crippen LogP contribution in [0.3, 0.4) is 0 Å². The molecule has 0 radical (unpaired) electrons. The molecular formula is C8H10N2.